The highest BCUT2D eigenvalue weighted by atomic mass is 16.6. The summed E-state index contributed by atoms with van der Waals surface area (Å²) in [6, 6.07) is 14.9. The van der Waals surface area contributed by atoms with Crippen LogP contribution in [0.2, 0.25) is 0 Å². The van der Waals surface area contributed by atoms with Crippen molar-refractivity contribution in [2.75, 3.05) is 18.5 Å². The van der Waals surface area contributed by atoms with Gasteiger partial charge in [-0.1, -0.05) is 62.3 Å². The average Bonchev–Trinajstić information content (AvgIpc) is 3.26. The number of anilines is 1. The number of aryl methyl sites for hydroxylation is 1. The van der Waals surface area contributed by atoms with E-state index in [1.165, 1.54) is 4.68 Å². The minimum Gasteiger partial charge on any atom is -0.389 e. The van der Waals surface area contributed by atoms with Crippen molar-refractivity contribution in [1.82, 2.24) is 25.2 Å². The van der Waals surface area contributed by atoms with Crippen molar-refractivity contribution in [3.8, 4) is 0 Å². The molecule has 0 aliphatic carbocycles. The second kappa shape index (κ2) is 11.5. The molecule has 1 aromatic carbocycles. The van der Waals surface area contributed by atoms with E-state index >= 15 is 0 Å². The zero-order valence-electron chi connectivity index (χ0n) is 20.2. The minimum atomic E-state index is -0.623. The van der Waals surface area contributed by atoms with Gasteiger partial charge in [-0.2, -0.15) is 0 Å². The predicted molar refractivity (Wildman–Crippen MR) is 128 cm³/mol. The number of oxime groups is 1. The maximum absolute atomic E-state index is 12.9. The van der Waals surface area contributed by atoms with Gasteiger partial charge in [-0.3, -0.25) is 4.79 Å². The molecule has 0 saturated carbocycles. The van der Waals surface area contributed by atoms with Crippen molar-refractivity contribution >= 4 is 17.4 Å². The van der Waals surface area contributed by atoms with Gasteiger partial charge in [0.2, 0.25) is 11.7 Å². The fraction of sp³-hybridized carbons (Fsp3) is 0.417. The van der Waals surface area contributed by atoms with Gasteiger partial charge in [-0.15, -0.1) is 5.10 Å². The Labute approximate surface area is 199 Å². The molecule has 1 atom stereocenters. The van der Waals surface area contributed by atoms with Crippen LogP contribution in [-0.2, 0) is 28.0 Å². The Bertz CT molecular complexity index is 1110. The quantitative estimate of drug-likeness (QED) is 0.341. The summed E-state index contributed by atoms with van der Waals surface area (Å²) in [5.41, 5.74) is 1.31. The summed E-state index contributed by atoms with van der Waals surface area (Å²) in [4.78, 5) is 23.0. The van der Waals surface area contributed by atoms with E-state index in [-0.39, 0.29) is 18.4 Å². The summed E-state index contributed by atoms with van der Waals surface area (Å²) in [5.74, 6) is 0.848. The predicted octanol–water partition coefficient (Wildman–Crippen LogP) is 3.21. The monoisotopic (exact) mass is 465 g/mol. The Morgan fingerprint density at radius 2 is 1.94 bits per heavy atom. The van der Waals surface area contributed by atoms with Gasteiger partial charge < -0.3 is 14.9 Å². The van der Waals surface area contributed by atoms with Gasteiger partial charge in [0.1, 0.15) is 5.82 Å². The van der Waals surface area contributed by atoms with Crippen molar-refractivity contribution < 1.29 is 14.4 Å². The molecule has 34 heavy (non-hydrogen) atoms. The van der Waals surface area contributed by atoms with Crippen LogP contribution in [0.1, 0.15) is 44.8 Å². The Morgan fingerprint density at radius 3 is 2.62 bits per heavy atom. The first-order valence-corrected chi connectivity index (χ1v) is 11.2. The summed E-state index contributed by atoms with van der Waals surface area (Å²) >= 11 is 0. The van der Waals surface area contributed by atoms with Crippen LogP contribution < -0.4 is 5.32 Å². The lowest BCUT2D eigenvalue weighted by Gasteiger charge is -2.30. The molecule has 180 valence electrons. The molecule has 3 aromatic rings. The van der Waals surface area contributed by atoms with Gasteiger partial charge in [0, 0.05) is 24.6 Å². The number of pyridine rings is 1. The van der Waals surface area contributed by atoms with E-state index in [2.05, 4.69) is 31.0 Å². The number of ether oxygens (including phenoxy) is 1. The van der Waals surface area contributed by atoms with Crippen LogP contribution in [0, 0.1) is 11.3 Å². The second-order valence-corrected chi connectivity index (χ2v) is 8.46. The zero-order valence-corrected chi connectivity index (χ0v) is 20.2. The molecular formula is C24H31N7O3. The first-order valence-electron chi connectivity index (χ1n) is 11.2. The van der Waals surface area contributed by atoms with Crippen LogP contribution in [0.5, 0.6) is 0 Å². The number of nitrogens with one attached hydrogen (secondary N) is 1. The molecule has 0 spiro atoms. The molecule has 10 heteroatoms. The maximum Gasteiger partial charge on any atom is 0.231 e. The van der Waals surface area contributed by atoms with Crippen LogP contribution in [0.15, 0.2) is 53.7 Å². The maximum atomic E-state index is 12.9. The van der Waals surface area contributed by atoms with E-state index in [0.29, 0.717) is 36.3 Å². The smallest absolute Gasteiger partial charge is 0.231 e. The lowest BCUT2D eigenvalue weighted by molar-refractivity contribution is -0.127. The third-order valence-electron chi connectivity index (χ3n) is 5.68. The highest BCUT2D eigenvalue weighted by Gasteiger charge is 2.34. The first kappa shape index (κ1) is 25.0. The second-order valence-electron chi connectivity index (χ2n) is 8.46. The molecule has 2 aromatic heterocycles. The molecule has 10 nitrogen and oxygen atoms in total. The van der Waals surface area contributed by atoms with E-state index < -0.39 is 5.41 Å². The molecule has 1 N–H and O–H groups in total. The topological polar surface area (TPSA) is 116 Å². The van der Waals surface area contributed by atoms with Gasteiger partial charge in [0.15, 0.2) is 12.3 Å². The number of rotatable bonds is 11. The summed E-state index contributed by atoms with van der Waals surface area (Å²) in [6.45, 7) is 8.99. The number of carbonyl (C=O) groups excluding carboxylic acids is 1. The SMILES string of the molecule is CCOCC(C)C(C)(C)C(=O)Nc1cccc(CO/N=C(/c2ccccc2)c2nnnn2C)n1. The van der Waals surface area contributed by atoms with E-state index in [1.807, 2.05) is 64.1 Å². The van der Waals surface area contributed by atoms with E-state index in [9.17, 15) is 4.79 Å². The van der Waals surface area contributed by atoms with Gasteiger partial charge in [-0.25, -0.2) is 9.67 Å². The number of nitrogens with zero attached hydrogens (tertiary/aromatic N) is 6. The highest BCUT2D eigenvalue weighted by Crippen LogP contribution is 2.28. The summed E-state index contributed by atoms with van der Waals surface area (Å²) in [6.07, 6.45) is 0. The van der Waals surface area contributed by atoms with Gasteiger partial charge in [-0.05, 0) is 35.4 Å². The molecule has 2 heterocycles. The Balaban J connectivity index is 1.69. The van der Waals surface area contributed by atoms with Crippen molar-refractivity contribution in [3.05, 3.63) is 65.6 Å². The molecule has 0 aliphatic rings. The fourth-order valence-electron chi connectivity index (χ4n) is 3.05. The molecule has 0 fully saturated rings. The minimum absolute atomic E-state index is 0.0415. The Morgan fingerprint density at radius 1 is 1.18 bits per heavy atom. The lowest BCUT2D eigenvalue weighted by Crippen LogP contribution is -2.38. The largest absolute Gasteiger partial charge is 0.389 e. The van der Waals surface area contributed by atoms with E-state index in [1.54, 1.807) is 19.2 Å². The average molecular weight is 466 g/mol. The number of hydrogen-bond donors (Lipinski definition) is 1. The number of aromatic nitrogens is 5. The molecule has 0 aliphatic heterocycles. The van der Waals surface area contributed by atoms with E-state index in [0.717, 1.165) is 5.56 Å². The van der Waals surface area contributed by atoms with Crippen molar-refractivity contribution in [1.29, 1.82) is 0 Å². The van der Waals surface area contributed by atoms with Crippen LogP contribution >= 0.6 is 0 Å². The van der Waals surface area contributed by atoms with Crippen LogP contribution in [0.3, 0.4) is 0 Å². The van der Waals surface area contributed by atoms with Crippen molar-refractivity contribution in [3.63, 3.8) is 0 Å². The third kappa shape index (κ3) is 6.22. The molecule has 0 radical (unpaired) electrons. The Hall–Kier alpha value is -3.66. The van der Waals surface area contributed by atoms with Crippen LogP contribution in [0.4, 0.5) is 5.82 Å². The number of tetrazole rings is 1. The van der Waals surface area contributed by atoms with Crippen LogP contribution in [-0.4, -0.2) is 50.0 Å². The number of amides is 1. The fourth-order valence-corrected chi connectivity index (χ4v) is 3.05. The number of benzene rings is 1. The number of carbonyl (C=O) groups is 1. The van der Waals surface area contributed by atoms with Gasteiger partial charge in [0.25, 0.3) is 0 Å². The molecule has 1 unspecified atom stereocenters. The molecular weight excluding hydrogens is 434 g/mol. The van der Waals surface area contributed by atoms with Gasteiger partial charge >= 0.3 is 0 Å². The standard InChI is InChI=1S/C24H31N7O3/c1-6-33-15-17(2)24(3,4)23(32)26-20-14-10-13-19(25-20)16-34-28-21(18-11-8-7-9-12-18)22-27-29-30-31(22)5/h7-14,17H,6,15-16H2,1-5H3,(H,25,26,32)/b28-21-. The van der Waals surface area contributed by atoms with Crippen molar-refractivity contribution in [2.45, 2.75) is 34.3 Å². The number of hydrogen-bond acceptors (Lipinski definition) is 8. The Kier molecular flexibility index (Phi) is 8.42. The molecule has 1 amide bonds. The van der Waals surface area contributed by atoms with Crippen LogP contribution in [0.25, 0.3) is 0 Å². The normalized spacial score (nSPS) is 12.9. The zero-order chi connectivity index (χ0) is 24.6. The third-order valence-corrected chi connectivity index (χ3v) is 5.68. The highest BCUT2D eigenvalue weighted by molar-refractivity contribution is 6.10. The van der Waals surface area contributed by atoms with E-state index in [4.69, 9.17) is 9.57 Å². The summed E-state index contributed by atoms with van der Waals surface area (Å²) < 4.78 is 7.02. The lowest BCUT2D eigenvalue weighted by atomic mass is 9.79. The molecule has 3 rings (SSSR count). The van der Waals surface area contributed by atoms with Crippen molar-refractivity contribution in [2.24, 2.45) is 23.5 Å². The summed E-state index contributed by atoms with van der Waals surface area (Å²) in [5, 5.41) is 18.8. The van der Waals surface area contributed by atoms with Gasteiger partial charge in [0.05, 0.1) is 12.3 Å². The molecule has 0 saturated heterocycles. The summed E-state index contributed by atoms with van der Waals surface area (Å²) in [7, 11) is 1.73. The first-order chi connectivity index (χ1) is 16.3. The molecule has 0 bridgehead atoms.